The Morgan fingerprint density at radius 1 is 1.03 bits per heavy atom. The van der Waals surface area contributed by atoms with E-state index in [2.05, 4.69) is 41.9 Å². The Morgan fingerprint density at radius 2 is 1.81 bits per heavy atom. The lowest BCUT2D eigenvalue weighted by Gasteiger charge is -2.14. The number of nitrogens with zero attached hydrogens (tertiary/aromatic N) is 3. The maximum absolute atomic E-state index is 13.2. The molecule has 0 spiro atoms. The van der Waals surface area contributed by atoms with Crippen molar-refractivity contribution < 1.29 is 9.47 Å². The largest absolute Gasteiger partial charge is 0.490 e. The Kier molecular flexibility index (Phi) is 8.72. The molecule has 0 aliphatic rings. The van der Waals surface area contributed by atoms with Gasteiger partial charge in [0, 0.05) is 36.5 Å². The van der Waals surface area contributed by atoms with Crippen molar-refractivity contribution in [3.05, 3.63) is 94.8 Å². The Labute approximate surface area is 235 Å². The van der Waals surface area contributed by atoms with Crippen molar-refractivity contribution >= 4 is 72.2 Å². The van der Waals surface area contributed by atoms with Crippen molar-refractivity contribution in [1.82, 2.24) is 9.66 Å². The van der Waals surface area contributed by atoms with Crippen molar-refractivity contribution in [3.8, 4) is 11.5 Å². The molecule has 0 N–H and O–H groups in total. The van der Waals surface area contributed by atoms with Gasteiger partial charge < -0.3 is 9.47 Å². The Balaban J connectivity index is 1.68. The number of benzene rings is 3. The fourth-order valence-corrected chi connectivity index (χ4v) is 4.74. The van der Waals surface area contributed by atoms with E-state index in [9.17, 15) is 4.79 Å². The molecule has 0 aliphatic heterocycles. The Hall–Kier alpha value is -2.39. The second-order valence-electron chi connectivity index (χ2n) is 7.68. The van der Waals surface area contributed by atoms with Crippen LogP contribution in [0.1, 0.15) is 30.8 Å². The minimum absolute atomic E-state index is 0.240. The molecule has 186 valence electrons. The molecule has 0 unspecified atom stereocenters. The van der Waals surface area contributed by atoms with Crippen molar-refractivity contribution in [2.24, 2.45) is 5.10 Å². The third-order valence-electron chi connectivity index (χ3n) is 5.27. The van der Waals surface area contributed by atoms with Crippen LogP contribution in [0.5, 0.6) is 11.5 Å². The first kappa shape index (κ1) is 26.7. The standard InChI is InChI=1S/C26H21Br2Cl2N3O3/c1-3-25-32-22-8-6-17(27)10-19(22)26(34)33(25)31-13-16-9-23(35-4-2)24(12-20(16)28)36-14-15-5-7-18(29)11-21(15)30/h5-13H,3-4,14H2,1-2H3. The molecule has 0 atom stereocenters. The summed E-state index contributed by atoms with van der Waals surface area (Å²) >= 11 is 19.3. The maximum Gasteiger partial charge on any atom is 0.282 e. The molecule has 0 bridgehead atoms. The topological polar surface area (TPSA) is 65.7 Å². The summed E-state index contributed by atoms with van der Waals surface area (Å²) in [4.78, 5) is 17.8. The molecule has 0 saturated carbocycles. The van der Waals surface area contributed by atoms with Crippen LogP contribution in [0, 0.1) is 0 Å². The van der Waals surface area contributed by atoms with Crippen LogP contribution in [0.2, 0.25) is 10.0 Å². The summed E-state index contributed by atoms with van der Waals surface area (Å²) in [5.74, 6) is 1.64. The van der Waals surface area contributed by atoms with Crippen LogP contribution in [0.4, 0.5) is 0 Å². The van der Waals surface area contributed by atoms with Gasteiger partial charge in [0.25, 0.3) is 5.56 Å². The average Bonchev–Trinajstić information content (AvgIpc) is 2.85. The highest BCUT2D eigenvalue weighted by Crippen LogP contribution is 2.34. The minimum Gasteiger partial charge on any atom is -0.490 e. The van der Waals surface area contributed by atoms with Gasteiger partial charge >= 0.3 is 0 Å². The second-order valence-corrected chi connectivity index (χ2v) is 10.3. The summed E-state index contributed by atoms with van der Waals surface area (Å²) in [5, 5.41) is 6.04. The minimum atomic E-state index is -0.240. The summed E-state index contributed by atoms with van der Waals surface area (Å²) in [5.41, 5.74) is 1.90. The van der Waals surface area contributed by atoms with Gasteiger partial charge in [-0.2, -0.15) is 9.78 Å². The first-order chi connectivity index (χ1) is 17.3. The number of hydrogen-bond acceptors (Lipinski definition) is 5. The van der Waals surface area contributed by atoms with Crippen LogP contribution < -0.4 is 15.0 Å². The van der Waals surface area contributed by atoms with Gasteiger partial charge in [-0.3, -0.25) is 4.79 Å². The van der Waals surface area contributed by atoms with Crippen LogP contribution in [0.15, 0.2) is 67.4 Å². The van der Waals surface area contributed by atoms with Crippen LogP contribution >= 0.6 is 55.1 Å². The number of hydrogen-bond donors (Lipinski definition) is 0. The van der Waals surface area contributed by atoms with Crippen LogP contribution in [-0.2, 0) is 13.0 Å². The van der Waals surface area contributed by atoms with Gasteiger partial charge in [0.1, 0.15) is 12.4 Å². The van der Waals surface area contributed by atoms with E-state index in [1.54, 1.807) is 36.5 Å². The second kappa shape index (κ2) is 11.8. The normalized spacial score (nSPS) is 11.4. The number of ether oxygens (including phenoxy) is 2. The van der Waals surface area contributed by atoms with Gasteiger partial charge in [0.05, 0.1) is 23.7 Å². The van der Waals surface area contributed by atoms with E-state index in [1.165, 1.54) is 4.68 Å². The highest BCUT2D eigenvalue weighted by Gasteiger charge is 2.13. The Morgan fingerprint density at radius 3 is 2.53 bits per heavy atom. The van der Waals surface area contributed by atoms with Gasteiger partial charge in [-0.25, -0.2) is 4.98 Å². The van der Waals surface area contributed by atoms with E-state index in [1.807, 2.05) is 32.0 Å². The fraction of sp³-hybridized carbons (Fsp3) is 0.192. The number of aromatic nitrogens is 2. The van der Waals surface area contributed by atoms with Gasteiger partial charge in [-0.05, 0) is 65.3 Å². The van der Waals surface area contributed by atoms with E-state index >= 15 is 0 Å². The summed E-state index contributed by atoms with van der Waals surface area (Å²) in [6, 6.07) is 14.3. The molecule has 1 aromatic heterocycles. The molecule has 0 saturated heterocycles. The first-order valence-corrected chi connectivity index (χ1v) is 13.4. The smallest absolute Gasteiger partial charge is 0.282 e. The van der Waals surface area contributed by atoms with E-state index in [-0.39, 0.29) is 12.2 Å². The van der Waals surface area contributed by atoms with E-state index in [4.69, 9.17) is 32.7 Å². The summed E-state index contributed by atoms with van der Waals surface area (Å²) in [7, 11) is 0. The average molecular weight is 654 g/mol. The lowest BCUT2D eigenvalue weighted by molar-refractivity contribution is 0.269. The van der Waals surface area contributed by atoms with Gasteiger partial charge in [0.15, 0.2) is 11.5 Å². The van der Waals surface area contributed by atoms with Crippen molar-refractivity contribution in [2.45, 2.75) is 26.9 Å². The molecule has 4 aromatic rings. The summed E-state index contributed by atoms with van der Waals surface area (Å²) < 4.78 is 14.7. The molecule has 6 nitrogen and oxygen atoms in total. The summed E-state index contributed by atoms with van der Waals surface area (Å²) in [6.07, 6.45) is 2.14. The zero-order chi connectivity index (χ0) is 25.8. The van der Waals surface area contributed by atoms with Gasteiger partial charge in [-0.1, -0.05) is 52.1 Å². The molecule has 3 aromatic carbocycles. The third kappa shape index (κ3) is 5.94. The lowest BCUT2D eigenvalue weighted by atomic mass is 10.2. The quantitative estimate of drug-likeness (QED) is 0.183. The molecule has 0 amide bonds. The number of fused-ring (bicyclic) bond motifs is 1. The fourth-order valence-electron chi connectivity index (χ4n) is 3.49. The molecule has 0 radical (unpaired) electrons. The molecule has 1 heterocycles. The number of halogens is 4. The van der Waals surface area contributed by atoms with Crippen LogP contribution in [0.3, 0.4) is 0 Å². The van der Waals surface area contributed by atoms with E-state index in [0.717, 1.165) is 14.5 Å². The molecule has 4 rings (SSSR count). The maximum atomic E-state index is 13.2. The highest BCUT2D eigenvalue weighted by molar-refractivity contribution is 9.10. The molecular formula is C26H21Br2Cl2N3O3. The first-order valence-electron chi connectivity index (χ1n) is 11.1. The zero-order valence-corrected chi connectivity index (χ0v) is 24.1. The molecule has 0 fully saturated rings. The van der Waals surface area contributed by atoms with Gasteiger partial charge in [-0.15, -0.1) is 0 Å². The van der Waals surface area contributed by atoms with Crippen molar-refractivity contribution in [2.75, 3.05) is 6.61 Å². The van der Waals surface area contributed by atoms with E-state index in [0.29, 0.717) is 56.9 Å². The van der Waals surface area contributed by atoms with Crippen LogP contribution in [-0.4, -0.2) is 22.5 Å². The number of rotatable bonds is 8. The predicted octanol–water partition coefficient (Wildman–Crippen LogP) is 7.65. The van der Waals surface area contributed by atoms with E-state index < -0.39 is 0 Å². The predicted molar refractivity (Wildman–Crippen MR) is 152 cm³/mol. The van der Waals surface area contributed by atoms with Crippen molar-refractivity contribution in [1.29, 1.82) is 0 Å². The van der Waals surface area contributed by atoms with Gasteiger partial charge in [0.2, 0.25) is 0 Å². The zero-order valence-electron chi connectivity index (χ0n) is 19.4. The molecule has 36 heavy (non-hydrogen) atoms. The third-order valence-corrected chi connectivity index (χ3v) is 7.03. The van der Waals surface area contributed by atoms with Crippen molar-refractivity contribution in [3.63, 3.8) is 0 Å². The SMILES string of the molecule is CCOc1cc(C=Nn2c(CC)nc3ccc(Br)cc3c2=O)c(Br)cc1OCc1ccc(Cl)cc1Cl. The molecular weight excluding hydrogens is 633 g/mol. The monoisotopic (exact) mass is 651 g/mol. The molecule has 10 heteroatoms. The molecule has 0 aliphatic carbocycles. The van der Waals surface area contributed by atoms with Crippen LogP contribution in [0.25, 0.3) is 10.9 Å². The number of aryl methyl sites for hydroxylation is 1. The highest BCUT2D eigenvalue weighted by atomic mass is 79.9. The lowest BCUT2D eigenvalue weighted by Crippen LogP contribution is -2.22. The summed E-state index contributed by atoms with van der Waals surface area (Å²) in [6.45, 7) is 4.50. The Bertz CT molecular complexity index is 1520.